The molecule has 0 spiro atoms. The number of hydrogen-bond donors (Lipinski definition) is 0. The number of hydrogen-bond acceptors (Lipinski definition) is 3. The van der Waals surface area contributed by atoms with E-state index in [1.54, 1.807) is 0 Å². The summed E-state index contributed by atoms with van der Waals surface area (Å²) in [6, 6.07) is 24.8. The van der Waals surface area contributed by atoms with Crippen LogP contribution in [0.25, 0.3) is 0 Å². The van der Waals surface area contributed by atoms with Crippen molar-refractivity contribution in [2.75, 3.05) is 0 Å². The molecule has 182 valence electrons. The van der Waals surface area contributed by atoms with E-state index in [-0.39, 0.29) is 14.9 Å². The van der Waals surface area contributed by atoms with Gasteiger partial charge < -0.3 is 12.3 Å². The lowest BCUT2D eigenvalue weighted by Gasteiger charge is -2.39. The van der Waals surface area contributed by atoms with Crippen molar-refractivity contribution in [3.63, 3.8) is 0 Å². The molecule has 0 bridgehead atoms. The molecule has 0 saturated carbocycles. The van der Waals surface area contributed by atoms with E-state index >= 15 is 0 Å². The van der Waals surface area contributed by atoms with Gasteiger partial charge in [0.25, 0.3) is 0 Å². The largest absolute Gasteiger partial charge is 0.504 e. The fourth-order valence-corrected chi connectivity index (χ4v) is 17.6. The van der Waals surface area contributed by atoms with E-state index in [0.717, 1.165) is 11.2 Å². The molecule has 7 heteroatoms. The third kappa shape index (κ3) is 9.99. The van der Waals surface area contributed by atoms with Gasteiger partial charge in [0.2, 0.25) is 0 Å². The fraction of sp³-hybridized carbons (Fsp3) is 0.520. The van der Waals surface area contributed by atoms with Gasteiger partial charge in [-0.3, -0.25) is 0 Å². The maximum atomic E-state index is 7.10. The molecule has 2 aromatic rings. The van der Waals surface area contributed by atoms with Crippen molar-refractivity contribution in [3.8, 4) is 0 Å². The van der Waals surface area contributed by atoms with Gasteiger partial charge in [0.1, 0.15) is 0 Å². The molecule has 3 nitrogen and oxygen atoms in total. The molecule has 0 N–H and O–H groups in total. The molecule has 0 fully saturated rings. The lowest BCUT2D eigenvalue weighted by molar-refractivity contribution is 0.288. The zero-order chi connectivity index (χ0) is 21.9. The Morgan fingerprint density at radius 3 is 1.72 bits per heavy atom. The minimum atomic E-state index is -2.86. The number of rotatable bonds is 14. The van der Waals surface area contributed by atoms with E-state index in [0.29, 0.717) is 5.92 Å². The molecule has 0 amide bonds. The Labute approximate surface area is 205 Å². The van der Waals surface area contributed by atoms with Gasteiger partial charge in [-0.25, -0.2) is 0 Å². The molecule has 0 heterocycles. The van der Waals surface area contributed by atoms with Crippen molar-refractivity contribution in [2.24, 2.45) is 0 Å². The van der Waals surface area contributed by atoms with Gasteiger partial charge in [-0.05, 0) is 42.7 Å². The summed E-state index contributed by atoms with van der Waals surface area (Å²) in [5.41, 5.74) is 1.39. The molecule has 0 aliphatic carbocycles. The first-order valence-electron chi connectivity index (χ1n) is 11.5. The summed E-state index contributed by atoms with van der Waals surface area (Å²) >= 11 is 0. The highest BCUT2D eigenvalue weighted by atomic mass is 28.5. The Morgan fingerprint density at radius 2 is 1.25 bits per heavy atom. The van der Waals surface area contributed by atoms with Gasteiger partial charge in [0.05, 0.1) is 0 Å². The second kappa shape index (κ2) is 15.9. The van der Waals surface area contributed by atoms with Crippen molar-refractivity contribution in [1.82, 2.24) is 0 Å². The monoisotopic (exact) mass is 508 g/mol. The van der Waals surface area contributed by atoms with Gasteiger partial charge in [0, 0.05) is 5.19 Å². The third-order valence-electron chi connectivity index (χ3n) is 5.28. The third-order valence-corrected chi connectivity index (χ3v) is 17.9. The summed E-state index contributed by atoms with van der Waals surface area (Å²) in [5, 5.41) is 1.16. The zero-order valence-corrected chi connectivity index (χ0v) is 24.4. The van der Waals surface area contributed by atoms with Crippen LogP contribution in [0.3, 0.4) is 0 Å². The summed E-state index contributed by atoms with van der Waals surface area (Å²) in [4.78, 5) is 0. The van der Waals surface area contributed by atoms with Crippen LogP contribution >= 0.6 is 0 Å². The normalized spacial score (nSPS) is 14.8. The van der Waals surface area contributed by atoms with Crippen LogP contribution in [0.15, 0.2) is 60.7 Å². The summed E-state index contributed by atoms with van der Waals surface area (Å²) < 4.78 is 20.6. The molecule has 0 aliphatic heterocycles. The Bertz CT molecular complexity index is 704. The second-order valence-corrected chi connectivity index (χ2v) is 19.7. The van der Waals surface area contributed by atoms with E-state index in [2.05, 4.69) is 94.5 Å². The van der Waals surface area contributed by atoms with Crippen LogP contribution in [-0.2, 0) is 12.3 Å². The quantitative estimate of drug-likeness (QED) is 0.232. The Morgan fingerprint density at radius 1 is 0.781 bits per heavy atom. The van der Waals surface area contributed by atoms with Gasteiger partial charge >= 0.3 is 8.80 Å². The average Bonchev–Trinajstić information content (AvgIpc) is 2.74. The van der Waals surface area contributed by atoms with Crippen LogP contribution in [-0.4, -0.2) is 36.6 Å². The van der Waals surface area contributed by atoms with Crippen LogP contribution in [0.2, 0.25) is 31.2 Å². The summed E-state index contributed by atoms with van der Waals surface area (Å²) in [6.07, 6.45) is 2.34. The maximum absolute atomic E-state index is 7.10. The van der Waals surface area contributed by atoms with Gasteiger partial charge in [-0.1, -0.05) is 109 Å². The highest BCUT2D eigenvalue weighted by Gasteiger charge is 2.47. The topological polar surface area (TPSA) is 27.7 Å². The molecule has 0 radical (unpaired) electrons. The second-order valence-electron chi connectivity index (χ2n) is 8.70. The zero-order valence-electron chi connectivity index (χ0n) is 19.5. The molecule has 0 saturated heterocycles. The summed E-state index contributed by atoms with van der Waals surface area (Å²) in [5.74, 6) is 0.469. The Hall–Kier alpha value is -0.812. The van der Waals surface area contributed by atoms with Crippen LogP contribution in [0.1, 0.15) is 59.9 Å². The van der Waals surface area contributed by atoms with Crippen molar-refractivity contribution in [2.45, 2.75) is 85.6 Å². The summed E-state index contributed by atoms with van der Waals surface area (Å²) in [7, 11) is -6.22. The highest BCUT2D eigenvalue weighted by Crippen LogP contribution is 2.29. The van der Waals surface area contributed by atoms with Crippen molar-refractivity contribution >= 4 is 41.8 Å². The minimum absolute atomic E-state index is 0. The molecule has 32 heavy (non-hydrogen) atoms. The molecule has 2 rings (SSSR count). The van der Waals surface area contributed by atoms with Crippen LogP contribution in [0.4, 0.5) is 0 Å². The van der Waals surface area contributed by atoms with Gasteiger partial charge in [0.15, 0.2) is 27.8 Å². The first kappa shape index (κ1) is 31.2. The van der Waals surface area contributed by atoms with Gasteiger partial charge in [-0.2, -0.15) is 0 Å². The molecular weight excluding hydrogens is 461 g/mol. The van der Waals surface area contributed by atoms with Crippen molar-refractivity contribution in [3.05, 3.63) is 66.2 Å². The smallest absolute Gasteiger partial charge is 0.419 e. The standard InChI is InChI=1S/C23H40O3Si4.2CH4/c1-6-18-27-24-30(25-28-19-7-2,23-16-12-9-13-17-23)26-29(4,5)20-21(3)22-14-10-8-11-15-22;;/h8-17,21H,6-7,18-20,27-28H2,1-5H3;2*1H4. The predicted molar refractivity (Wildman–Crippen MR) is 153 cm³/mol. The SMILES string of the molecule is C.C.CCC[SiH2]O[Si](O[SiH2]CCC)(O[Si](C)(C)CC(C)c1ccccc1)c1ccccc1. The van der Waals surface area contributed by atoms with E-state index in [9.17, 15) is 0 Å². The van der Waals surface area contributed by atoms with Crippen LogP contribution in [0, 0.1) is 0 Å². The van der Waals surface area contributed by atoms with E-state index in [4.69, 9.17) is 12.3 Å². The molecule has 1 atom stereocenters. The first-order valence-corrected chi connectivity index (χ1v) is 19.5. The Balaban J connectivity index is 0.00000480. The molecule has 2 aromatic carbocycles. The van der Waals surface area contributed by atoms with E-state index < -0.39 is 36.6 Å². The van der Waals surface area contributed by atoms with E-state index in [1.807, 2.05) is 0 Å². The molecule has 0 aromatic heterocycles. The summed E-state index contributed by atoms with van der Waals surface area (Å²) in [6.45, 7) is 11.5. The maximum Gasteiger partial charge on any atom is 0.504 e. The molecule has 1 unspecified atom stereocenters. The average molecular weight is 509 g/mol. The lowest BCUT2D eigenvalue weighted by atomic mass is 10.0. The van der Waals surface area contributed by atoms with E-state index in [1.165, 1.54) is 30.5 Å². The van der Waals surface area contributed by atoms with Crippen LogP contribution in [0.5, 0.6) is 0 Å². The van der Waals surface area contributed by atoms with Crippen molar-refractivity contribution < 1.29 is 12.3 Å². The molecule has 0 aliphatic rings. The van der Waals surface area contributed by atoms with Gasteiger partial charge in [-0.15, -0.1) is 0 Å². The lowest BCUT2D eigenvalue weighted by Crippen LogP contribution is -2.62. The Kier molecular flexibility index (Phi) is 15.5. The highest BCUT2D eigenvalue weighted by molar-refractivity contribution is 6.90. The molecular formula is C25H48O3Si4. The van der Waals surface area contributed by atoms with Crippen LogP contribution < -0.4 is 5.19 Å². The van der Waals surface area contributed by atoms with Crippen molar-refractivity contribution in [1.29, 1.82) is 0 Å². The minimum Gasteiger partial charge on any atom is -0.419 e. The first-order chi connectivity index (χ1) is 14.4. The predicted octanol–water partition coefficient (Wildman–Crippen LogP) is 5.99. The number of benzene rings is 2. The fourth-order valence-electron chi connectivity index (χ4n) is 3.71.